The molecule has 1 aliphatic carbocycles. The summed E-state index contributed by atoms with van der Waals surface area (Å²) in [5, 5.41) is 75.1. The molecule has 0 aromatic rings. The molecule has 0 spiro atoms. The van der Waals surface area contributed by atoms with Crippen molar-refractivity contribution in [1.82, 2.24) is 21.3 Å². The van der Waals surface area contributed by atoms with Gasteiger partial charge in [0, 0.05) is 26.2 Å². The van der Waals surface area contributed by atoms with E-state index < -0.39 is 35.6 Å². The van der Waals surface area contributed by atoms with E-state index in [1.54, 1.807) is 0 Å². The van der Waals surface area contributed by atoms with Gasteiger partial charge in [0.25, 0.3) is 0 Å². The van der Waals surface area contributed by atoms with Crippen molar-refractivity contribution in [2.75, 3.05) is 26.2 Å². The normalized spacial score (nSPS) is 30.0. The second-order valence-corrected chi connectivity index (χ2v) is 9.71. The monoisotopic (exact) mass is 520 g/mol. The maximum absolute atomic E-state index is 11.6. The third-order valence-corrected chi connectivity index (χ3v) is 6.84. The second kappa shape index (κ2) is 16.2. The van der Waals surface area contributed by atoms with Crippen LogP contribution in [0.25, 0.3) is 0 Å². The Morgan fingerprint density at radius 2 is 0.917 bits per heavy atom. The summed E-state index contributed by atoms with van der Waals surface area (Å²) in [5.74, 6) is 0. The number of hydrogen-bond acceptors (Lipinski definition) is 8. The summed E-state index contributed by atoms with van der Waals surface area (Å²) in [4.78, 5) is 23.1. The van der Waals surface area contributed by atoms with Crippen molar-refractivity contribution in [1.29, 1.82) is 0 Å². The van der Waals surface area contributed by atoms with E-state index in [2.05, 4.69) is 21.3 Å². The maximum atomic E-state index is 11.6. The predicted molar refractivity (Wildman–Crippen MR) is 134 cm³/mol. The molecule has 0 saturated heterocycles. The van der Waals surface area contributed by atoms with Crippen molar-refractivity contribution in [2.24, 2.45) is 0 Å². The van der Waals surface area contributed by atoms with Gasteiger partial charge in [-0.05, 0) is 38.5 Å². The number of carbonyl (C=O) groups excluding carboxylic acids is 2. The number of carbonyl (C=O) groups is 2. The van der Waals surface area contributed by atoms with Crippen molar-refractivity contribution in [2.45, 2.75) is 114 Å². The third-order valence-electron chi connectivity index (χ3n) is 6.84. The van der Waals surface area contributed by atoms with E-state index >= 15 is 0 Å². The van der Waals surface area contributed by atoms with Gasteiger partial charge < -0.3 is 51.9 Å². The standard InChI is InChI=1S/C24H48N4O8/c1-3-13-25-21(33)27-15-9-5-7-11-23(35)19(31)17(29)18(30)20(32)24(23,36)12-8-6-10-16-28-22(34)26-14-4-2/h17-20,29-32,35-36H,3-16H2,1-2H3,(H2,25,27,33)(H2,26,28,34)/t17-,18-,19-,20+,23+,24-/m1/s1. The number of aliphatic hydroxyl groups excluding tert-OH is 4. The van der Waals surface area contributed by atoms with Crippen LogP contribution in [0.1, 0.15) is 78.1 Å². The van der Waals surface area contributed by atoms with Gasteiger partial charge in [-0.25, -0.2) is 9.59 Å². The Labute approximate surface area is 213 Å². The van der Waals surface area contributed by atoms with Crippen LogP contribution in [-0.4, -0.2) is 104 Å². The van der Waals surface area contributed by atoms with E-state index in [1.807, 2.05) is 13.8 Å². The van der Waals surface area contributed by atoms with Crippen LogP contribution >= 0.6 is 0 Å². The summed E-state index contributed by atoms with van der Waals surface area (Å²) in [7, 11) is 0. The van der Waals surface area contributed by atoms with E-state index in [9.17, 15) is 40.2 Å². The minimum absolute atomic E-state index is 0.118. The van der Waals surface area contributed by atoms with Gasteiger partial charge in [-0.3, -0.25) is 0 Å². The van der Waals surface area contributed by atoms with Gasteiger partial charge in [-0.1, -0.05) is 39.5 Å². The van der Waals surface area contributed by atoms with Gasteiger partial charge >= 0.3 is 12.1 Å². The van der Waals surface area contributed by atoms with Crippen molar-refractivity contribution in [3.63, 3.8) is 0 Å². The first-order valence-electron chi connectivity index (χ1n) is 13.3. The maximum Gasteiger partial charge on any atom is 0.314 e. The molecule has 212 valence electrons. The molecule has 1 fully saturated rings. The molecule has 4 amide bonds. The molecule has 0 bridgehead atoms. The smallest absolute Gasteiger partial charge is 0.314 e. The fraction of sp³-hybridized carbons (Fsp3) is 0.917. The van der Waals surface area contributed by atoms with Crippen molar-refractivity contribution in [3.8, 4) is 0 Å². The molecule has 1 saturated carbocycles. The first kappa shape index (κ1) is 32.3. The number of amides is 4. The highest BCUT2D eigenvalue weighted by atomic mass is 16.4. The molecule has 6 atom stereocenters. The lowest BCUT2D eigenvalue weighted by atomic mass is 9.62. The molecule has 36 heavy (non-hydrogen) atoms. The fourth-order valence-corrected chi connectivity index (χ4v) is 4.58. The average molecular weight is 521 g/mol. The van der Waals surface area contributed by atoms with Gasteiger partial charge in [-0.2, -0.15) is 0 Å². The summed E-state index contributed by atoms with van der Waals surface area (Å²) in [6.45, 7) is 5.88. The highest BCUT2D eigenvalue weighted by molar-refractivity contribution is 5.74. The number of urea groups is 2. The van der Waals surface area contributed by atoms with Crippen molar-refractivity contribution in [3.05, 3.63) is 0 Å². The molecule has 1 rings (SSSR count). The SMILES string of the molecule is CCCNC(=O)NCCCCC[C@@]1(O)[C@@H](O)[C@H](O)[C@@H](O)[C@@H](O)[C@@]1(O)CCCCCNC(=O)NCCC. The van der Waals surface area contributed by atoms with Crippen molar-refractivity contribution >= 4 is 12.1 Å². The van der Waals surface area contributed by atoms with E-state index in [4.69, 9.17) is 0 Å². The molecule has 0 heterocycles. The van der Waals surface area contributed by atoms with Gasteiger partial charge in [0.15, 0.2) is 0 Å². The quantitative estimate of drug-likeness (QED) is 0.119. The Hall–Kier alpha value is -1.70. The number of nitrogens with one attached hydrogen (secondary N) is 4. The highest BCUT2D eigenvalue weighted by Crippen LogP contribution is 2.44. The molecule has 12 heteroatoms. The number of unbranched alkanes of at least 4 members (excludes halogenated alkanes) is 4. The van der Waals surface area contributed by atoms with Crippen LogP contribution < -0.4 is 21.3 Å². The minimum Gasteiger partial charge on any atom is -0.387 e. The van der Waals surface area contributed by atoms with Gasteiger partial charge in [0.1, 0.15) is 35.6 Å². The van der Waals surface area contributed by atoms with Crippen LogP contribution in [0.2, 0.25) is 0 Å². The largest absolute Gasteiger partial charge is 0.387 e. The molecule has 0 unspecified atom stereocenters. The molecule has 0 radical (unpaired) electrons. The number of hydrogen-bond donors (Lipinski definition) is 10. The van der Waals surface area contributed by atoms with Gasteiger partial charge in [-0.15, -0.1) is 0 Å². The zero-order chi connectivity index (χ0) is 27.2. The first-order chi connectivity index (χ1) is 17.0. The summed E-state index contributed by atoms with van der Waals surface area (Å²) < 4.78 is 0. The highest BCUT2D eigenvalue weighted by Gasteiger charge is 2.65. The molecule has 0 aliphatic heterocycles. The summed E-state index contributed by atoms with van der Waals surface area (Å²) in [5.41, 5.74) is -4.48. The zero-order valence-corrected chi connectivity index (χ0v) is 21.7. The lowest BCUT2D eigenvalue weighted by molar-refractivity contribution is -0.317. The first-order valence-corrected chi connectivity index (χ1v) is 13.3. The summed E-state index contributed by atoms with van der Waals surface area (Å²) >= 11 is 0. The van der Waals surface area contributed by atoms with E-state index in [1.165, 1.54) is 0 Å². The molecule has 0 aromatic heterocycles. The molecule has 0 aromatic carbocycles. The lowest BCUT2D eigenvalue weighted by Crippen LogP contribution is -2.77. The molecular formula is C24H48N4O8. The summed E-state index contributed by atoms with van der Waals surface area (Å²) in [6.07, 6.45) is -2.94. The van der Waals surface area contributed by atoms with Gasteiger partial charge in [0.05, 0.1) is 0 Å². The van der Waals surface area contributed by atoms with Crippen LogP contribution in [0.5, 0.6) is 0 Å². The van der Waals surface area contributed by atoms with E-state index in [0.717, 1.165) is 12.8 Å². The lowest BCUT2D eigenvalue weighted by Gasteiger charge is -2.55. The van der Waals surface area contributed by atoms with Crippen LogP contribution in [-0.2, 0) is 0 Å². The molecule has 10 N–H and O–H groups in total. The Balaban J connectivity index is 2.61. The molecular weight excluding hydrogens is 472 g/mol. The Morgan fingerprint density at radius 3 is 1.25 bits per heavy atom. The van der Waals surface area contributed by atoms with Crippen molar-refractivity contribution < 1.29 is 40.2 Å². The summed E-state index contributed by atoms with van der Waals surface area (Å²) in [6, 6.07) is -0.519. The van der Waals surface area contributed by atoms with Crippen LogP contribution in [0.15, 0.2) is 0 Å². The van der Waals surface area contributed by atoms with E-state index in [0.29, 0.717) is 64.7 Å². The average Bonchev–Trinajstić information content (AvgIpc) is 2.87. The van der Waals surface area contributed by atoms with Crippen LogP contribution in [0.4, 0.5) is 9.59 Å². The Morgan fingerprint density at radius 1 is 0.583 bits per heavy atom. The molecule has 12 nitrogen and oxygen atoms in total. The molecule has 1 aliphatic rings. The van der Waals surface area contributed by atoms with Gasteiger partial charge in [0.2, 0.25) is 0 Å². The van der Waals surface area contributed by atoms with Crippen LogP contribution in [0.3, 0.4) is 0 Å². The topological polar surface area (TPSA) is 204 Å². The van der Waals surface area contributed by atoms with Crippen LogP contribution in [0, 0.1) is 0 Å². The minimum atomic E-state index is -2.24. The zero-order valence-electron chi connectivity index (χ0n) is 21.7. The fourth-order valence-electron chi connectivity index (χ4n) is 4.58. The third kappa shape index (κ3) is 9.00. The number of rotatable bonds is 16. The second-order valence-electron chi connectivity index (χ2n) is 9.71. The predicted octanol–water partition coefficient (Wildman–Crippen LogP) is -0.555. The Kier molecular flexibility index (Phi) is 14.6. The number of aliphatic hydroxyl groups is 6. The Bertz CT molecular complexity index is 604. The van der Waals surface area contributed by atoms with E-state index in [-0.39, 0.29) is 24.9 Å².